The third-order valence-corrected chi connectivity index (χ3v) is 8.81. The van der Waals surface area contributed by atoms with Gasteiger partial charge < -0.3 is 25.9 Å². The molecule has 1 aromatic heterocycles. The second-order valence-electron chi connectivity index (χ2n) is 11.0. The SMILES string of the molecule is CN(CC(=O)Nc1cccc(S(=O)(=O)NC(Cc2cccc(/C(N)=N\O)c2)c2nc3ccccc3s2)c1)C(=O)OC(C)(C)C. The quantitative estimate of drug-likeness (QED) is 0.0852. The molecule has 0 radical (unpaired) electrons. The molecule has 2 amide bonds. The number of nitrogens with one attached hydrogen (secondary N) is 2. The molecule has 0 aliphatic heterocycles. The maximum Gasteiger partial charge on any atom is 0.410 e. The standard InChI is InChI=1S/C30H34N6O6S2/c1-30(2,3)42-29(38)36(4)18-26(37)32-21-11-8-12-22(17-21)44(40,41)35-24(28-33-23-13-5-6-14-25(23)43-28)16-19-9-7-10-20(15-19)27(31)34-39/h5-15,17,24,35,39H,16,18H2,1-4H3,(H2,31,34)(H,32,37). The minimum Gasteiger partial charge on any atom is -0.444 e. The summed E-state index contributed by atoms with van der Waals surface area (Å²) in [6.07, 6.45) is -0.440. The van der Waals surface area contributed by atoms with Crippen LogP contribution in [-0.4, -0.2) is 60.5 Å². The molecule has 0 aliphatic carbocycles. The molecule has 1 heterocycles. The van der Waals surface area contributed by atoms with E-state index in [9.17, 15) is 18.0 Å². The van der Waals surface area contributed by atoms with Crippen LogP contribution in [0.4, 0.5) is 10.5 Å². The zero-order valence-corrected chi connectivity index (χ0v) is 26.3. The lowest BCUT2D eigenvalue weighted by molar-refractivity contribution is -0.117. The van der Waals surface area contributed by atoms with E-state index >= 15 is 0 Å². The maximum atomic E-state index is 13.7. The Balaban J connectivity index is 1.56. The van der Waals surface area contributed by atoms with Gasteiger partial charge in [-0.15, -0.1) is 11.3 Å². The highest BCUT2D eigenvalue weighted by Crippen LogP contribution is 2.30. The summed E-state index contributed by atoms with van der Waals surface area (Å²) in [5.74, 6) is -0.598. The van der Waals surface area contributed by atoms with Gasteiger partial charge in [0.2, 0.25) is 15.9 Å². The normalized spacial score (nSPS) is 13.0. The number of hydrogen-bond acceptors (Lipinski definition) is 9. The summed E-state index contributed by atoms with van der Waals surface area (Å²) in [4.78, 5) is 30.6. The number of carbonyl (C=O) groups is 2. The number of oxime groups is 1. The van der Waals surface area contributed by atoms with Crippen molar-refractivity contribution >= 4 is 55.1 Å². The molecule has 0 aliphatic rings. The molecule has 0 saturated heterocycles. The largest absolute Gasteiger partial charge is 0.444 e. The van der Waals surface area contributed by atoms with Crippen molar-refractivity contribution in [3.05, 3.63) is 88.9 Å². The molecule has 0 fully saturated rings. The number of likely N-dealkylation sites (N-methyl/N-ethyl adjacent to an activating group) is 1. The number of aromatic nitrogens is 1. The Morgan fingerprint density at radius 1 is 1.09 bits per heavy atom. The molecule has 232 valence electrons. The number of fused-ring (bicyclic) bond motifs is 1. The van der Waals surface area contributed by atoms with Crippen LogP contribution in [0.25, 0.3) is 10.2 Å². The minimum absolute atomic E-state index is 0.0693. The van der Waals surface area contributed by atoms with E-state index in [1.807, 2.05) is 30.3 Å². The molecule has 1 atom stereocenters. The zero-order chi connectivity index (χ0) is 32.1. The molecule has 44 heavy (non-hydrogen) atoms. The molecule has 5 N–H and O–H groups in total. The fraction of sp³-hybridized carbons (Fsp3) is 0.267. The van der Waals surface area contributed by atoms with Crippen LogP contribution in [0.15, 0.2) is 82.8 Å². The van der Waals surface area contributed by atoms with Crippen LogP contribution >= 0.6 is 11.3 Å². The highest BCUT2D eigenvalue weighted by atomic mass is 32.2. The number of para-hydroxylation sites is 1. The van der Waals surface area contributed by atoms with Crippen LogP contribution in [0.5, 0.6) is 0 Å². The van der Waals surface area contributed by atoms with Gasteiger partial charge in [-0.05, 0) is 69.2 Å². The molecule has 0 spiro atoms. The second-order valence-corrected chi connectivity index (χ2v) is 13.8. The van der Waals surface area contributed by atoms with E-state index in [2.05, 4.69) is 20.2 Å². The highest BCUT2D eigenvalue weighted by molar-refractivity contribution is 7.89. The Hall–Kier alpha value is -4.53. The molecule has 4 aromatic rings. The van der Waals surface area contributed by atoms with Crippen LogP contribution in [0.2, 0.25) is 0 Å². The van der Waals surface area contributed by atoms with E-state index in [1.165, 1.54) is 36.6 Å². The van der Waals surface area contributed by atoms with Gasteiger partial charge in [-0.1, -0.05) is 41.6 Å². The average Bonchev–Trinajstić information content (AvgIpc) is 3.40. The highest BCUT2D eigenvalue weighted by Gasteiger charge is 2.26. The topological polar surface area (TPSA) is 176 Å². The van der Waals surface area contributed by atoms with E-state index < -0.39 is 33.7 Å². The number of rotatable bonds is 10. The fourth-order valence-corrected chi connectivity index (χ4v) is 6.52. The second kappa shape index (κ2) is 13.4. The fourth-order valence-electron chi connectivity index (χ4n) is 4.19. The van der Waals surface area contributed by atoms with Gasteiger partial charge in [0.25, 0.3) is 0 Å². The van der Waals surface area contributed by atoms with Gasteiger partial charge in [-0.3, -0.25) is 4.79 Å². The van der Waals surface area contributed by atoms with Gasteiger partial charge in [0.15, 0.2) is 5.84 Å². The van der Waals surface area contributed by atoms with E-state index in [4.69, 9.17) is 15.7 Å². The van der Waals surface area contributed by atoms with E-state index in [0.717, 1.165) is 20.7 Å². The third kappa shape index (κ3) is 8.52. The molecule has 1 unspecified atom stereocenters. The van der Waals surface area contributed by atoms with Gasteiger partial charge in [0, 0.05) is 18.3 Å². The predicted molar refractivity (Wildman–Crippen MR) is 169 cm³/mol. The first kappa shape index (κ1) is 32.4. The summed E-state index contributed by atoms with van der Waals surface area (Å²) < 4.78 is 36.3. The lowest BCUT2D eigenvalue weighted by Crippen LogP contribution is -2.38. The molecule has 12 nitrogen and oxygen atoms in total. The number of carbonyl (C=O) groups excluding carboxylic acids is 2. The Kier molecular flexibility index (Phi) is 9.87. The molecule has 14 heteroatoms. The number of sulfonamides is 1. The van der Waals surface area contributed by atoms with Crippen molar-refractivity contribution in [3.63, 3.8) is 0 Å². The lowest BCUT2D eigenvalue weighted by atomic mass is 10.0. The minimum atomic E-state index is -4.12. The summed E-state index contributed by atoms with van der Waals surface area (Å²) in [7, 11) is -2.69. The van der Waals surface area contributed by atoms with Gasteiger partial charge in [0.05, 0.1) is 21.2 Å². The van der Waals surface area contributed by atoms with Crippen LogP contribution in [0.3, 0.4) is 0 Å². The monoisotopic (exact) mass is 638 g/mol. The number of amides is 2. The van der Waals surface area contributed by atoms with Gasteiger partial charge >= 0.3 is 6.09 Å². The Morgan fingerprint density at radius 2 is 1.82 bits per heavy atom. The molecule has 0 saturated carbocycles. The van der Waals surface area contributed by atoms with Crippen molar-refractivity contribution in [1.82, 2.24) is 14.6 Å². The number of thiazole rings is 1. The van der Waals surface area contributed by atoms with Crippen molar-refractivity contribution in [2.24, 2.45) is 10.9 Å². The smallest absolute Gasteiger partial charge is 0.410 e. The van der Waals surface area contributed by atoms with E-state index in [-0.39, 0.29) is 29.4 Å². The van der Waals surface area contributed by atoms with Crippen LogP contribution in [0, 0.1) is 0 Å². The van der Waals surface area contributed by atoms with E-state index in [1.54, 1.807) is 45.0 Å². The number of hydrogen-bond donors (Lipinski definition) is 4. The zero-order valence-electron chi connectivity index (χ0n) is 24.6. The average molecular weight is 639 g/mol. The summed E-state index contributed by atoms with van der Waals surface area (Å²) in [5, 5.41) is 15.3. The van der Waals surface area contributed by atoms with Crippen molar-refractivity contribution in [1.29, 1.82) is 0 Å². The molecule has 4 rings (SSSR count). The number of nitrogens with two attached hydrogens (primary N) is 1. The molecule has 3 aromatic carbocycles. The van der Waals surface area contributed by atoms with E-state index in [0.29, 0.717) is 10.6 Å². The lowest BCUT2D eigenvalue weighted by Gasteiger charge is -2.24. The van der Waals surface area contributed by atoms with Crippen molar-refractivity contribution in [2.75, 3.05) is 18.9 Å². The summed E-state index contributed by atoms with van der Waals surface area (Å²) in [5.41, 5.74) is 7.24. The number of amidine groups is 1. The number of ether oxygens (including phenoxy) is 1. The van der Waals surface area contributed by atoms with Crippen molar-refractivity contribution in [3.8, 4) is 0 Å². The number of benzene rings is 3. The van der Waals surface area contributed by atoms with Crippen molar-refractivity contribution in [2.45, 2.75) is 43.7 Å². The summed E-state index contributed by atoms with van der Waals surface area (Å²) in [6, 6.07) is 19.5. The Bertz CT molecular complexity index is 1770. The van der Waals surface area contributed by atoms with Crippen molar-refractivity contribution < 1.29 is 28.0 Å². The van der Waals surface area contributed by atoms with Crippen LogP contribution < -0.4 is 15.8 Å². The molecular formula is C30H34N6O6S2. The van der Waals surface area contributed by atoms with Crippen LogP contribution in [-0.2, 0) is 26.0 Å². The number of anilines is 1. The Labute approximate surface area is 259 Å². The summed E-state index contributed by atoms with van der Waals surface area (Å²) in [6.45, 7) is 4.87. The summed E-state index contributed by atoms with van der Waals surface area (Å²) >= 11 is 1.37. The predicted octanol–water partition coefficient (Wildman–Crippen LogP) is 4.46. The van der Waals surface area contributed by atoms with Crippen LogP contribution in [0.1, 0.15) is 42.9 Å². The van der Waals surface area contributed by atoms with Gasteiger partial charge in [-0.2, -0.15) is 0 Å². The molecule has 0 bridgehead atoms. The maximum absolute atomic E-state index is 13.7. The first-order valence-corrected chi connectivity index (χ1v) is 15.8. The molecular weight excluding hydrogens is 605 g/mol. The third-order valence-electron chi connectivity index (χ3n) is 6.19. The van der Waals surface area contributed by atoms with Gasteiger partial charge in [0.1, 0.15) is 17.2 Å². The Morgan fingerprint density at radius 3 is 2.52 bits per heavy atom. The first-order chi connectivity index (χ1) is 20.7. The van der Waals surface area contributed by atoms with Gasteiger partial charge in [-0.25, -0.2) is 22.9 Å². The number of nitrogens with zero attached hydrogens (tertiary/aromatic N) is 3. The first-order valence-electron chi connectivity index (χ1n) is 13.5.